The average molecular weight is 543 g/mol. The summed E-state index contributed by atoms with van der Waals surface area (Å²) in [4.78, 5) is 79.4. The van der Waals surface area contributed by atoms with Gasteiger partial charge < -0.3 is 9.84 Å². The normalized spacial score (nSPS) is 38.0. The van der Waals surface area contributed by atoms with Gasteiger partial charge in [0.05, 0.1) is 24.0 Å². The third-order valence-electron chi connectivity index (χ3n) is 11.3. The van der Waals surface area contributed by atoms with Crippen LogP contribution >= 0.6 is 0 Å². The number of carbonyl (C=O) groups is 6. The van der Waals surface area contributed by atoms with Gasteiger partial charge in [0.2, 0.25) is 0 Å². The van der Waals surface area contributed by atoms with E-state index in [0.29, 0.717) is 18.4 Å². The molecule has 0 aromatic heterocycles. The van der Waals surface area contributed by atoms with Crippen LogP contribution in [0.2, 0.25) is 0 Å². The summed E-state index contributed by atoms with van der Waals surface area (Å²) in [5.41, 5.74) is -4.84. The number of hydrogen-bond donors (Lipinski definition) is 1. The van der Waals surface area contributed by atoms with Gasteiger partial charge in [0.15, 0.2) is 11.6 Å². The zero-order valence-electron chi connectivity index (χ0n) is 24.5. The number of carbonyl (C=O) groups excluding carboxylic acids is 6. The quantitative estimate of drug-likeness (QED) is 0.502. The molecule has 0 saturated heterocycles. The van der Waals surface area contributed by atoms with Crippen molar-refractivity contribution in [2.45, 2.75) is 99.0 Å². The number of esters is 1. The van der Waals surface area contributed by atoms with Crippen molar-refractivity contribution < 1.29 is 38.6 Å². The number of rotatable bonds is 6. The second kappa shape index (κ2) is 9.02. The molecular formula is C31H42O8. The summed E-state index contributed by atoms with van der Waals surface area (Å²) in [5, 5.41) is 11.7. The predicted octanol–water partition coefficient (Wildman–Crippen LogP) is 3.75. The molecule has 2 fully saturated rings. The maximum absolute atomic E-state index is 14.1. The van der Waals surface area contributed by atoms with Crippen LogP contribution in [0.5, 0.6) is 0 Å². The first-order valence-electron chi connectivity index (χ1n) is 14.0. The van der Waals surface area contributed by atoms with E-state index in [4.69, 9.17) is 4.74 Å². The predicted molar refractivity (Wildman–Crippen MR) is 141 cm³/mol. The Balaban J connectivity index is 1.77. The number of methoxy groups -OCH3 is 1. The van der Waals surface area contributed by atoms with Gasteiger partial charge in [-0.15, -0.1) is 0 Å². The first kappa shape index (κ1) is 29.5. The molecule has 8 nitrogen and oxygen atoms in total. The largest absolute Gasteiger partial charge is 0.469 e. The van der Waals surface area contributed by atoms with E-state index >= 15 is 0 Å². The molecule has 0 aliphatic heterocycles. The van der Waals surface area contributed by atoms with Gasteiger partial charge >= 0.3 is 5.97 Å². The molecule has 0 bridgehead atoms. The Bertz CT molecular complexity index is 1220. The number of hydrogen-bond acceptors (Lipinski definition) is 8. The van der Waals surface area contributed by atoms with Gasteiger partial charge in [0.1, 0.15) is 17.3 Å². The Kier molecular flexibility index (Phi) is 6.82. The molecule has 0 spiro atoms. The molecule has 0 amide bonds. The smallest absolute Gasteiger partial charge is 0.308 e. The number of allylic oxidation sites excluding steroid dienone is 2. The second-order valence-corrected chi connectivity index (χ2v) is 14.0. The first-order valence-corrected chi connectivity index (χ1v) is 14.0. The minimum atomic E-state index is -1.64. The Morgan fingerprint density at radius 1 is 1.00 bits per heavy atom. The fourth-order valence-corrected chi connectivity index (χ4v) is 8.89. The molecule has 8 heteroatoms. The molecule has 0 aromatic rings. The zero-order valence-corrected chi connectivity index (χ0v) is 24.5. The van der Waals surface area contributed by atoms with Crippen LogP contribution in [0.4, 0.5) is 0 Å². The number of fused-ring (bicyclic) bond motifs is 4. The van der Waals surface area contributed by atoms with Gasteiger partial charge in [0.25, 0.3) is 0 Å². The number of ketones is 5. The van der Waals surface area contributed by atoms with Gasteiger partial charge in [-0.2, -0.15) is 0 Å². The van der Waals surface area contributed by atoms with Crippen molar-refractivity contribution in [3.05, 3.63) is 11.1 Å². The molecule has 0 heterocycles. The molecule has 7 unspecified atom stereocenters. The van der Waals surface area contributed by atoms with Crippen molar-refractivity contribution in [1.29, 1.82) is 0 Å². The summed E-state index contributed by atoms with van der Waals surface area (Å²) in [7, 11) is 1.25. The maximum Gasteiger partial charge on any atom is 0.308 e. The minimum Gasteiger partial charge on any atom is -0.469 e. The Morgan fingerprint density at radius 3 is 2.21 bits per heavy atom. The third kappa shape index (κ3) is 3.95. The Hall–Kier alpha value is -2.48. The maximum atomic E-state index is 14.1. The fourth-order valence-electron chi connectivity index (χ4n) is 8.89. The van der Waals surface area contributed by atoms with Crippen LogP contribution in [0.15, 0.2) is 11.1 Å². The van der Waals surface area contributed by atoms with Crippen LogP contribution in [-0.2, 0) is 33.5 Å². The first-order chi connectivity index (χ1) is 17.8. The molecule has 2 saturated carbocycles. The van der Waals surface area contributed by atoms with Crippen molar-refractivity contribution in [1.82, 2.24) is 0 Å². The number of aliphatic hydroxyl groups is 1. The van der Waals surface area contributed by atoms with Crippen molar-refractivity contribution in [2.24, 2.45) is 39.4 Å². The second-order valence-electron chi connectivity index (χ2n) is 14.0. The summed E-state index contributed by atoms with van der Waals surface area (Å²) < 4.78 is 4.70. The van der Waals surface area contributed by atoms with Crippen LogP contribution in [0.25, 0.3) is 0 Å². The van der Waals surface area contributed by atoms with Gasteiger partial charge in [0, 0.05) is 66.4 Å². The topological polar surface area (TPSA) is 132 Å². The van der Waals surface area contributed by atoms with Crippen LogP contribution in [-0.4, -0.2) is 52.7 Å². The molecule has 4 rings (SSSR count). The summed E-state index contributed by atoms with van der Waals surface area (Å²) in [5.74, 6) is -3.24. The van der Waals surface area contributed by atoms with Gasteiger partial charge in [-0.3, -0.25) is 28.8 Å². The van der Waals surface area contributed by atoms with Crippen LogP contribution in [0, 0.1) is 39.4 Å². The molecule has 1 N–H and O–H groups in total. The monoisotopic (exact) mass is 542 g/mol. The fraction of sp³-hybridized carbons (Fsp3) is 0.742. The standard InChI is InChI=1S/C31H42O8/c1-16(26(37)39-8)11-17(32)14-30(6,38)21-13-23(36)31(7)25-18(33)12-20-27(2,3)22(35)9-10-28(20,4)24(25)19(34)15-29(21,31)5/h16,20-21,38H,9-15H2,1-8H3. The molecule has 39 heavy (non-hydrogen) atoms. The van der Waals surface area contributed by atoms with Crippen molar-refractivity contribution >= 4 is 34.9 Å². The van der Waals surface area contributed by atoms with E-state index < -0.39 is 45.1 Å². The molecule has 0 aromatic carbocycles. The van der Waals surface area contributed by atoms with E-state index in [1.807, 2.05) is 20.8 Å². The van der Waals surface area contributed by atoms with E-state index in [0.717, 1.165) is 0 Å². The average Bonchev–Trinajstić information content (AvgIpc) is 3.03. The van der Waals surface area contributed by atoms with Gasteiger partial charge in [-0.25, -0.2) is 0 Å². The molecule has 4 aliphatic rings. The van der Waals surface area contributed by atoms with E-state index in [1.54, 1.807) is 20.8 Å². The lowest BCUT2D eigenvalue weighted by Gasteiger charge is -2.58. The Labute approximate surface area is 230 Å². The molecule has 4 aliphatic carbocycles. The van der Waals surface area contributed by atoms with E-state index in [9.17, 15) is 33.9 Å². The lowest BCUT2D eigenvalue weighted by molar-refractivity contribution is -0.150. The van der Waals surface area contributed by atoms with Gasteiger partial charge in [-0.1, -0.05) is 34.6 Å². The van der Waals surface area contributed by atoms with E-state index in [1.165, 1.54) is 14.0 Å². The summed E-state index contributed by atoms with van der Waals surface area (Å²) >= 11 is 0. The SMILES string of the molecule is COC(=O)C(C)CC(=O)CC(C)(O)C1CC(=O)C2(C)C3=C(C(=O)CC12C)C1(C)CCC(=O)C(C)(C)C1CC3=O. The minimum absolute atomic E-state index is 0.0361. The van der Waals surface area contributed by atoms with Gasteiger partial charge in [-0.05, 0) is 31.6 Å². The lowest BCUT2D eigenvalue weighted by atomic mass is 9.42. The molecule has 214 valence electrons. The summed E-state index contributed by atoms with van der Waals surface area (Å²) in [6.45, 7) is 12.3. The van der Waals surface area contributed by atoms with E-state index in [2.05, 4.69) is 0 Å². The van der Waals surface area contributed by atoms with E-state index in [-0.39, 0.29) is 72.5 Å². The van der Waals surface area contributed by atoms with Crippen LogP contribution < -0.4 is 0 Å². The van der Waals surface area contributed by atoms with Crippen molar-refractivity contribution in [3.8, 4) is 0 Å². The Morgan fingerprint density at radius 2 is 1.62 bits per heavy atom. The highest BCUT2D eigenvalue weighted by Crippen LogP contribution is 2.70. The lowest BCUT2D eigenvalue weighted by Crippen LogP contribution is -2.60. The van der Waals surface area contributed by atoms with Crippen LogP contribution in [0.3, 0.4) is 0 Å². The number of Topliss-reactive ketones (excluding diaryl/α,β-unsaturated/α-hetero) is 5. The zero-order chi connectivity index (χ0) is 29.5. The molecular weight excluding hydrogens is 500 g/mol. The van der Waals surface area contributed by atoms with Crippen molar-refractivity contribution in [3.63, 3.8) is 0 Å². The summed E-state index contributed by atoms with van der Waals surface area (Å²) in [6.07, 6.45) is 0.342. The highest BCUT2D eigenvalue weighted by Gasteiger charge is 2.72. The van der Waals surface area contributed by atoms with Crippen molar-refractivity contribution in [2.75, 3.05) is 7.11 Å². The highest BCUT2D eigenvalue weighted by atomic mass is 16.5. The number of ether oxygens (including phenoxy) is 1. The summed E-state index contributed by atoms with van der Waals surface area (Å²) in [6, 6.07) is 0. The molecule has 7 atom stereocenters. The third-order valence-corrected chi connectivity index (χ3v) is 11.3. The highest BCUT2D eigenvalue weighted by molar-refractivity contribution is 6.16. The molecule has 0 radical (unpaired) electrons. The van der Waals surface area contributed by atoms with Crippen LogP contribution in [0.1, 0.15) is 93.4 Å².